The monoisotopic (exact) mass is 252 g/mol. The molecule has 1 aromatic rings. The van der Waals surface area contributed by atoms with Crippen molar-refractivity contribution in [3.63, 3.8) is 0 Å². The van der Waals surface area contributed by atoms with Gasteiger partial charge in [-0.2, -0.15) is 0 Å². The third kappa shape index (κ3) is 3.08. The maximum atomic E-state index is 6.39. The molecule has 0 bridgehead atoms. The van der Waals surface area contributed by atoms with E-state index in [4.69, 9.17) is 10.7 Å². The highest BCUT2D eigenvalue weighted by Gasteiger charge is 2.27. The molecule has 0 aromatic carbocycles. The summed E-state index contributed by atoms with van der Waals surface area (Å²) >= 11 is 1.74. The van der Waals surface area contributed by atoms with Crippen LogP contribution in [0.1, 0.15) is 69.1 Å². The van der Waals surface area contributed by atoms with Crippen molar-refractivity contribution < 1.29 is 0 Å². The van der Waals surface area contributed by atoms with Crippen LogP contribution in [-0.4, -0.2) is 4.98 Å². The van der Waals surface area contributed by atoms with Gasteiger partial charge in [-0.25, -0.2) is 4.98 Å². The molecule has 0 radical (unpaired) electrons. The predicted octanol–water partition coefficient (Wildman–Crippen LogP) is 4.09. The summed E-state index contributed by atoms with van der Waals surface area (Å²) in [6.07, 6.45) is 5.26. The number of hydrogen-bond donors (Lipinski definition) is 1. The van der Waals surface area contributed by atoms with Crippen molar-refractivity contribution in [2.24, 2.45) is 17.6 Å². The lowest BCUT2D eigenvalue weighted by molar-refractivity contribution is 0.247. The second-order valence-corrected chi connectivity index (χ2v) is 6.71. The molecule has 1 heterocycles. The smallest absolute Gasteiger partial charge is 0.110 e. The summed E-state index contributed by atoms with van der Waals surface area (Å²) in [5.41, 5.74) is 7.59. The molecular weight excluding hydrogens is 228 g/mol. The van der Waals surface area contributed by atoms with Crippen molar-refractivity contribution in [2.75, 3.05) is 0 Å². The third-order valence-corrected chi connectivity index (χ3v) is 4.87. The van der Waals surface area contributed by atoms with E-state index < -0.39 is 0 Å². The molecule has 1 aliphatic rings. The minimum absolute atomic E-state index is 0.162. The molecule has 2 nitrogen and oxygen atoms in total. The van der Waals surface area contributed by atoms with Crippen LogP contribution in [0.2, 0.25) is 0 Å². The van der Waals surface area contributed by atoms with Crippen LogP contribution < -0.4 is 5.73 Å². The molecule has 3 atom stereocenters. The Kier molecular flexibility index (Phi) is 4.21. The maximum Gasteiger partial charge on any atom is 0.110 e. The van der Waals surface area contributed by atoms with Gasteiger partial charge in [0.05, 0.1) is 11.7 Å². The topological polar surface area (TPSA) is 38.9 Å². The van der Waals surface area contributed by atoms with Gasteiger partial charge in [0.2, 0.25) is 0 Å². The van der Waals surface area contributed by atoms with Gasteiger partial charge in [-0.15, -0.1) is 11.3 Å². The van der Waals surface area contributed by atoms with Crippen molar-refractivity contribution >= 4 is 11.3 Å². The van der Waals surface area contributed by atoms with Crippen LogP contribution >= 0.6 is 11.3 Å². The number of nitrogens with zero attached hydrogens (tertiary/aromatic N) is 1. The second-order valence-electron chi connectivity index (χ2n) is 5.82. The van der Waals surface area contributed by atoms with Gasteiger partial charge in [-0.1, -0.05) is 33.6 Å². The molecule has 1 aliphatic carbocycles. The van der Waals surface area contributed by atoms with Gasteiger partial charge >= 0.3 is 0 Å². The van der Waals surface area contributed by atoms with Crippen LogP contribution in [0, 0.1) is 11.8 Å². The highest BCUT2D eigenvalue weighted by Crippen LogP contribution is 2.37. The van der Waals surface area contributed by atoms with Gasteiger partial charge in [0.25, 0.3) is 0 Å². The molecular formula is C14H24N2S. The number of hydrogen-bond acceptors (Lipinski definition) is 3. The molecule has 3 heteroatoms. The summed E-state index contributed by atoms with van der Waals surface area (Å²) in [5.74, 6) is 1.99. The summed E-state index contributed by atoms with van der Waals surface area (Å²) in [6.45, 7) is 6.72. The zero-order chi connectivity index (χ0) is 12.4. The fourth-order valence-electron chi connectivity index (χ4n) is 2.73. The molecule has 3 unspecified atom stereocenters. The van der Waals surface area contributed by atoms with Crippen LogP contribution in [0.15, 0.2) is 5.38 Å². The zero-order valence-corrected chi connectivity index (χ0v) is 12.0. The molecule has 0 saturated heterocycles. The fourth-order valence-corrected chi connectivity index (χ4v) is 3.80. The maximum absolute atomic E-state index is 6.39. The Bertz CT molecular complexity index is 359. The Hall–Kier alpha value is -0.410. The van der Waals surface area contributed by atoms with E-state index in [-0.39, 0.29) is 6.04 Å². The highest BCUT2D eigenvalue weighted by molar-refractivity contribution is 7.09. The molecule has 2 rings (SSSR count). The highest BCUT2D eigenvalue weighted by atomic mass is 32.1. The van der Waals surface area contributed by atoms with Crippen molar-refractivity contribution in [1.82, 2.24) is 4.98 Å². The Morgan fingerprint density at radius 2 is 2.18 bits per heavy atom. The number of nitrogens with two attached hydrogens (primary N) is 1. The van der Waals surface area contributed by atoms with Crippen molar-refractivity contribution in [3.8, 4) is 0 Å². The lowest BCUT2D eigenvalue weighted by atomic mass is 9.79. The van der Waals surface area contributed by atoms with Gasteiger partial charge < -0.3 is 5.73 Å². The lowest BCUT2D eigenvalue weighted by Gasteiger charge is -2.30. The van der Waals surface area contributed by atoms with E-state index in [1.54, 1.807) is 11.3 Å². The van der Waals surface area contributed by atoms with E-state index in [1.807, 2.05) is 0 Å². The number of rotatable bonds is 3. The quantitative estimate of drug-likeness (QED) is 0.880. The van der Waals surface area contributed by atoms with E-state index in [2.05, 4.69) is 26.2 Å². The minimum atomic E-state index is 0.162. The summed E-state index contributed by atoms with van der Waals surface area (Å²) in [5, 5.41) is 3.32. The fraction of sp³-hybridized carbons (Fsp3) is 0.786. The Balaban J connectivity index is 2.04. The first-order valence-corrected chi connectivity index (χ1v) is 7.66. The molecule has 1 fully saturated rings. The summed E-state index contributed by atoms with van der Waals surface area (Å²) in [6, 6.07) is 0.162. The molecule has 0 amide bonds. The molecule has 96 valence electrons. The standard InChI is InChI=1S/C14H24N2S/c1-9(2)12-8-17-14(16-12)13(15)11-6-4-5-10(3)7-11/h8-11,13H,4-7,15H2,1-3H3. The van der Waals surface area contributed by atoms with E-state index >= 15 is 0 Å². The molecule has 2 N–H and O–H groups in total. The molecule has 0 aliphatic heterocycles. The normalized spacial score (nSPS) is 27.4. The number of thiazole rings is 1. The van der Waals surface area contributed by atoms with E-state index in [9.17, 15) is 0 Å². The second kappa shape index (κ2) is 5.49. The Labute approximate surface area is 109 Å². The van der Waals surface area contributed by atoms with E-state index in [1.165, 1.54) is 31.4 Å². The van der Waals surface area contributed by atoms with Crippen LogP contribution in [0.4, 0.5) is 0 Å². The minimum Gasteiger partial charge on any atom is -0.322 e. The Morgan fingerprint density at radius 3 is 2.76 bits per heavy atom. The molecule has 17 heavy (non-hydrogen) atoms. The van der Waals surface area contributed by atoms with Crippen molar-refractivity contribution in [2.45, 2.75) is 58.4 Å². The predicted molar refractivity (Wildman–Crippen MR) is 74.3 cm³/mol. The molecule has 1 aromatic heterocycles. The van der Waals surface area contributed by atoms with Gasteiger partial charge in [0.1, 0.15) is 5.01 Å². The van der Waals surface area contributed by atoms with Crippen molar-refractivity contribution in [3.05, 3.63) is 16.1 Å². The summed E-state index contributed by atoms with van der Waals surface area (Å²) in [4.78, 5) is 4.70. The number of aromatic nitrogens is 1. The summed E-state index contributed by atoms with van der Waals surface area (Å²) in [7, 11) is 0. The van der Waals surface area contributed by atoms with E-state index in [0.717, 1.165) is 10.9 Å². The van der Waals surface area contributed by atoms with Gasteiger partial charge in [-0.3, -0.25) is 0 Å². The van der Waals surface area contributed by atoms with Crippen molar-refractivity contribution in [1.29, 1.82) is 0 Å². The van der Waals surface area contributed by atoms with E-state index in [0.29, 0.717) is 11.8 Å². The van der Waals surface area contributed by atoms with Crippen LogP contribution in [0.3, 0.4) is 0 Å². The third-order valence-electron chi connectivity index (χ3n) is 3.90. The molecule has 0 spiro atoms. The first-order chi connectivity index (χ1) is 8.08. The van der Waals surface area contributed by atoms with Crippen LogP contribution in [0.5, 0.6) is 0 Å². The summed E-state index contributed by atoms with van der Waals surface area (Å²) < 4.78 is 0. The average molecular weight is 252 g/mol. The van der Waals surface area contributed by atoms with Crippen LogP contribution in [0.25, 0.3) is 0 Å². The van der Waals surface area contributed by atoms with Gasteiger partial charge in [0.15, 0.2) is 0 Å². The zero-order valence-electron chi connectivity index (χ0n) is 11.1. The van der Waals surface area contributed by atoms with Gasteiger partial charge in [0, 0.05) is 5.38 Å². The first kappa shape index (κ1) is 13.0. The van der Waals surface area contributed by atoms with Crippen LogP contribution in [-0.2, 0) is 0 Å². The first-order valence-electron chi connectivity index (χ1n) is 6.78. The van der Waals surface area contributed by atoms with Gasteiger partial charge in [-0.05, 0) is 30.6 Å². The average Bonchev–Trinajstić information content (AvgIpc) is 2.77. The lowest BCUT2D eigenvalue weighted by Crippen LogP contribution is -2.26. The molecule has 1 saturated carbocycles. The SMILES string of the molecule is CC1CCCC(C(N)c2nc(C(C)C)cs2)C1. The largest absolute Gasteiger partial charge is 0.322 e. The Morgan fingerprint density at radius 1 is 1.41 bits per heavy atom.